The van der Waals surface area contributed by atoms with Crippen LogP contribution in [0.2, 0.25) is 0 Å². The van der Waals surface area contributed by atoms with Crippen molar-refractivity contribution in [2.75, 3.05) is 11.9 Å². The summed E-state index contributed by atoms with van der Waals surface area (Å²) < 4.78 is 0. The minimum atomic E-state index is -0.0681. The zero-order valence-corrected chi connectivity index (χ0v) is 9.42. The highest BCUT2D eigenvalue weighted by Gasteiger charge is 2.12. The van der Waals surface area contributed by atoms with Crippen LogP contribution in [-0.4, -0.2) is 12.5 Å². The molecule has 1 aliphatic heterocycles. The van der Waals surface area contributed by atoms with E-state index in [0.29, 0.717) is 0 Å². The molecule has 1 aromatic rings. The molecule has 0 spiro atoms. The molecule has 0 bridgehead atoms. The van der Waals surface area contributed by atoms with E-state index < -0.39 is 0 Å². The van der Waals surface area contributed by atoms with E-state index in [0.717, 1.165) is 25.2 Å². The van der Waals surface area contributed by atoms with Crippen LogP contribution in [0.1, 0.15) is 18.1 Å². The number of amides is 1. The van der Waals surface area contributed by atoms with Gasteiger partial charge in [-0.25, -0.2) is 0 Å². The molecule has 0 fully saturated rings. The van der Waals surface area contributed by atoms with Crippen molar-refractivity contribution in [2.24, 2.45) is 0 Å². The van der Waals surface area contributed by atoms with Gasteiger partial charge in [-0.05, 0) is 43.2 Å². The van der Waals surface area contributed by atoms with Gasteiger partial charge in [-0.2, -0.15) is 0 Å². The maximum absolute atomic E-state index is 11.5. The topological polar surface area (TPSA) is 41.1 Å². The summed E-state index contributed by atoms with van der Waals surface area (Å²) in [5.41, 5.74) is 3.47. The predicted molar refractivity (Wildman–Crippen MR) is 65.3 cm³/mol. The molecule has 0 saturated carbocycles. The average Bonchev–Trinajstić information content (AvgIpc) is 2.30. The van der Waals surface area contributed by atoms with Crippen molar-refractivity contribution in [3.63, 3.8) is 0 Å². The van der Waals surface area contributed by atoms with Crippen LogP contribution in [0.3, 0.4) is 0 Å². The van der Waals surface area contributed by atoms with Gasteiger partial charge >= 0.3 is 0 Å². The van der Waals surface area contributed by atoms with Gasteiger partial charge in [0.2, 0.25) is 5.91 Å². The number of benzene rings is 1. The number of hydrogen-bond donors (Lipinski definition) is 2. The lowest BCUT2D eigenvalue weighted by molar-refractivity contribution is -0.111. The molecule has 3 heteroatoms. The Balaban J connectivity index is 2.24. The van der Waals surface area contributed by atoms with Crippen LogP contribution in [0.4, 0.5) is 5.69 Å². The Morgan fingerprint density at radius 3 is 3.19 bits per heavy atom. The first-order valence-corrected chi connectivity index (χ1v) is 5.56. The Kier molecular flexibility index (Phi) is 3.37. The molecule has 0 aliphatic carbocycles. The fourth-order valence-corrected chi connectivity index (χ4v) is 1.96. The van der Waals surface area contributed by atoms with E-state index in [2.05, 4.69) is 16.7 Å². The third-order valence-electron chi connectivity index (χ3n) is 2.72. The summed E-state index contributed by atoms with van der Waals surface area (Å²) in [4.78, 5) is 11.5. The van der Waals surface area contributed by atoms with Crippen molar-refractivity contribution in [1.82, 2.24) is 5.32 Å². The van der Waals surface area contributed by atoms with Crippen molar-refractivity contribution >= 4 is 11.6 Å². The highest BCUT2D eigenvalue weighted by atomic mass is 16.1. The molecule has 1 aliphatic rings. The van der Waals surface area contributed by atoms with Crippen molar-refractivity contribution in [1.29, 1.82) is 0 Å². The summed E-state index contributed by atoms with van der Waals surface area (Å²) in [7, 11) is 0. The van der Waals surface area contributed by atoms with Gasteiger partial charge in [-0.1, -0.05) is 18.2 Å². The number of carbonyl (C=O) groups is 1. The lowest BCUT2D eigenvalue weighted by atomic mass is 9.99. The smallest absolute Gasteiger partial charge is 0.248 e. The second kappa shape index (κ2) is 4.94. The van der Waals surface area contributed by atoms with E-state index in [4.69, 9.17) is 0 Å². The molecule has 1 amide bonds. The first-order chi connectivity index (χ1) is 7.81. The first-order valence-electron chi connectivity index (χ1n) is 5.56. The summed E-state index contributed by atoms with van der Waals surface area (Å²) in [5.74, 6) is -0.0681. The van der Waals surface area contributed by atoms with Crippen LogP contribution in [0, 0.1) is 0 Å². The van der Waals surface area contributed by atoms with Gasteiger partial charge in [0.05, 0.1) is 0 Å². The fourth-order valence-electron chi connectivity index (χ4n) is 1.96. The van der Waals surface area contributed by atoms with E-state index >= 15 is 0 Å². The molecule has 0 radical (unpaired) electrons. The zero-order chi connectivity index (χ0) is 11.4. The number of rotatable bonds is 2. The SMILES string of the molecule is C/C=C/C(=O)Nc1cccc2c1CNCC2. The van der Waals surface area contributed by atoms with Crippen LogP contribution in [0.15, 0.2) is 30.4 Å². The largest absolute Gasteiger partial charge is 0.322 e. The Labute approximate surface area is 95.6 Å². The van der Waals surface area contributed by atoms with Crippen molar-refractivity contribution in [3.05, 3.63) is 41.5 Å². The zero-order valence-electron chi connectivity index (χ0n) is 9.42. The van der Waals surface area contributed by atoms with Gasteiger partial charge in [0, 0.05) is 12.2 Å². The number of anilines is 1. The lowest BCUT2D eigenvalue weighted by Gasteiger charge is -2.20. The summed E-state index contributed by atoms with van der Waals surface area (Å²) in [6.07, 6.45) is 4.31. The second-order valence-corrected chi connectivity index (χ2v) is 3.86. The van der Waals surface area contributed by atoms with Gasteiger partial charge in [-0.15, -0.1) is 0 Å². The number of carbonyl (C=O) groups excluding carboxylic acids is 1. The molecule has 3 nitrogen and oxygen atoms in total. The molecular formula is C13H16N2O. The third-order valence-corrected chi connectivity index (χ3v) is 2.72. The first kappa shape index (κ1) is 10.9. The normalized spacial score (nSPS) is 14.8. The molecule has 0 aromatic heterocycles. The maximum Gasteiger partial charge on any atom is 0.248 e. The van der Waals surface area contributed by atoms with Crippen LogP contribution >= 0.6 is 0 Å². The van der Waals surface area contributed by atoms with Crippen molar-refractivity contribution < 1.29 is 4.79 Å². The van der Waals surface area contributed by atoms with Crippen molar-refractivity contribution in [2.45, 2.75) is 19.9 Å². The molecule has 0 unspecified atom stereocenters. The van der Waals surface area contributed by atoms with Crippen LogP contribution in [0.25, 0.3) is 0 Å². The monoisotopic (exact) mass is 216 g/mol. The molecule has 0 atom stereocenters. The standard InChI is InChI=1S/C13H16N2O/c1-2-4-13(16)15-12-6-3-5-10-7-8-14-9-11(10)12/h2-6,14H,7-9H2,1H3,(H,15,16)/b4-2+. The number of allylic oxidation sites excluding steroid dienone is 1. The van der Waals surface area contributed by atoms with Crippen molar-refractivity contribution in [3.8, 4) is 0 Å². The van der Waals surface area contributed by atoms with E-state index in [1.54, 1.807) is 6.08 Å². The molecule has 16 heavy (non-hydrogen) atoms. The minimum absolute atomic E-state index is 0.0681. The van der Waals surface area contributed by atoms with Crippen LogP contribution < -0.4 is 10.6 Å². The van der Waals surface area contributed by atoms with Gasteiger partial charge < -0.3 is 10.6 Å². The highest BCUT2D eigenvalue weighted by Crippen LogP contribution is 2.22. The summed E-state index contributed by atoms with van der Waals surface area (Å²) >= 11 is 0. The number of fused-ring (bicyclic) bond motifs is 1. The average molecular weight is 216 g/mol. The molecule has 2 rings (SSSR count). The molecule has 2 N–H and O–H groups in total. The Bertz CT molecular complexity index is 424. The predicted octanol–water partition coefficient (Wildman–Crippen LogP) is 1.85. The van der Waals surface area contributed by atoms with Crippen LogP contribution in [-0.2, 0) is 17.8 Å². The Morgan fingerprint density at radius 1 is 1.50 bits per heavy atom. The summed E-state index contributed by atoms with van der Waals surface area (Å²) in [5, 5.41) is 6.22. The Hall–Kier alpha value is -1.61. The van der Waals surface area contributed by atoms with E-state index in [1.807, 2.05) is 19.1 Å². The van der Waals surface area contributed by atoms with Gasteiger partial charge in [0.15, 0.2) is 0 Å². The molecule has 84 valence electrons. The summed E-state index contributed by atoms with van der Waals surface area (Å²) in [6, 6.07) is 6.07. The minimum Gasteiger partial charge on any atom is -0.322 e. The molecule has 1 aromatic carbocycles. The molecular weight excluding hydrogens is 200 g/mol. The molecule has 1 heterocycles. The number of nitrogens with one attached hydrogen (secondary N) is 2. The highest BCUT2D eigenvalue weighted by molar-refractivity contribution is 5.99. The quantitative estimate of drug-likeness (QED) is 0.741. The van der Waals surface area contributed by atoms with Gasteiger partial charge in [0.25, 0.3) is 0 Å². The van der Waals surface area contributed by atoms with E-state index in [9.17, 15) is 4.79 Å². The maximum atomic E-state index is 11.5. The summed E-state index contributed by atoms with van der Waals surface area (Å²) in [6.45, 7) is 3.68. The van der Waals surface area contributed by atoms with E-state index in [1.165, 1.54) is 17.2 Å². The fraction of sp³-hybridized carbons (Fsp3) is 0.308. The van der Waals surface area contributed by atoms with Gasteiger partial charge in [-0.3, -0.25) is 4.79 Å². The van der Waals surface area contributed by atoms with E-state index in [-0.39, 0.29) is 5.91 Å². The van der Waals surface area contributed by atoms with Gasteiger partial charge in [0.1, 0.15) is 0 Å². The third kappa shape index (κ3) is 2.31. The Morgan fingerprint density at radius 2 is 2.38 bits per heavy atom. The molecule has 0 saturated heterocycles. The van der Waals surface area contributed by atoms with Crippen LogP contribution in [0.5, 0.6) is 0 Å². The second-order valence-electron chi connectivity index (χ2n) is 3.86. The number of hydrogen-bond acceptors (Lipinski definition) is 2. The lowest BCUT2D eigenvalue weighted by Crippen LogP contribution is -2.25.